The van der Waals surface area contributed by atoms with Crippen LogP contribution < -0.4 is 10.0 Å². The van der Waals surface area contributed by atoms with Crippen molar-refractivity contribution in [2.24, 2.45) is 0 Å². The number of hydrogen-bond acceptors (Lipinski definition) is 3. The van der Waals surface area contributed by atoms with Gasteiger partial charge in [0.1, 0.15) is 0 Å². The maximum atomic E-state index is 12.1. The van der Waals surface area contributed by atoms with Crippen LogP contribution in [0.4, 0.5) is 0 Å². The lowest BCUT2D eigenvalue weighted by Gasteiger charge is -2.12. The molecule has 1 saturated heterocycles. The Labute approximate surface area is 116 Å². The molecule has 0 spiro atoms. The average molecular weight is 333 g/mol. The van der Waals surface area contributed by atoms with Crippen molar-refractivity contribution in [3.63, 3.8) is 0 Å². The lowest BCUT2D eigenvalue weighted by atomic mass is 10.2. The van der Waals surface area contributed by atoms with Gasteiger partial charge >= 0.3 is 0 Å². The van der Waals surface area contributed by atoms with E-state index in [1.165, 1.54) is 0 Å². The van der Waals surface area contributed by atoms with Crippen molar-refractivity contribution in [2.45, 2.75) is 30.7 Å². The van der Waals surface area contributed by atoms with Gasteiger partial charge < -0.3 is 5.32 Å². The first-order chi connectivity index (χ1) is 8.49. The summed E-state index contributed by atoms with van der Waals surface area (Å²) < 4.78 is 27.6. The van der Waals surface area contributed by atoms with E-state index in [0.717, 1.165) is 29.4 Å². The Morgan fingerprint density at radius 1 is 1.50 bits per heavy atom. The van der Waals surface area contributed by atoms with E-state index in [1.54, 1.807) is 18.2 Å². The van der Waals surface area contributed by atoms with Crippen LogP contribution >= 0.6 is 15.9 Å². The molecule has 2 N–H and O–H groups in total. The summed E-state index contributed by atoms with van der Waals surface area (Å²) in [4.78, 5) is 0.304. The third-order valence-corrected chi connectivity index (χ3v) is 5.41. The zero-order valence-corrected chi connectivity index (χ0v) is 12.6. The number of aryl methyl sites for hydroxylation is 1. The summed E-state index contributed by atoms with van der Waals surface area (Å²) in [5.74, 6) is 0. The molecule has 1 unspecified atom stereocenters. The van der Waals surface area contributed by atoms with Gasteiger partial charge in [-0.3, -0.25) is 0 Å². The SMILES string of the molecule is Cc1ccc(S(=O)(=O)NCC2CCCN2)cc1Br. The molecule has 0 aliphatic carbocycles. The zero-order valence-electron chi connectivity index (χ0n) is 10.2. The number of benzene rings is 1. The second-order valence-corrected chi connectivity index (χ2v) is 7.18. The Morgan fingerprint density at radius 2 is 2.28 bits per heavy atom. The van der Waals surface area contributed by atoms with Crippen molar-refractivity contribution in [1.82, 2.24) is 10.0 Å². The zero-order chi connectivity index (χ0) is 13.2. The molecular formula is C12H17BrN2O2S. The van der Waals surface area contributed by atoms with Gasteiger partial charge in [0.2, 0.25) is 10.0 Å². The second kappa shape index (κ2) is 5.69. The van der Waals surface area contributed by atoms with E-state index in [2.05, 4.69) is 26.0 Å². The molecule has 1 heterocycles. The maximum Gasteiger partial charge on any atom is 0.240 e. The van der Waals surface area contributed by atoms with Crippen molar-refractivity contribution in [3.8, 4) is 0 Å². The first-order valence-electron chi connectivity index (χ1n) is 5.98. The number of halogens is 1. The normalized spacial score (nSPS) is 20.2. The molecule has 0 aromatic heterocycles. The first kappa shape index (κ1) is 14.0. The van der Waals surface area contributed by atoms with Gasteiger partial charge in [0.05, 0.1) is 4.90 Å². The molecule has 0 amide bonds. The lowest BCUT2D eigenvalue weighted by molar-refractivity contribution is 0.552. The van der Waals surface area contributed by atoms with Gasteiger partial charge in [-0.15, -0.1) is 0 Å². The molecule has 1 aliphatic rings. The van der Waals surface area contributed by atoms with Crippen LogP contribution in [0.15, 0.2) is 27.6 Å². The van der Waals surface area contributed by atoms with Gasteiger partial charge in [-0.25, -0.2) is 13.1 Å². The van der Waals surface area contributed by atoms with Crippen LogP contribution in [-0.4, -0.2) is 27.5 Å². The monoisotopic (exact) mass is 332 g/mol. The van der Waals surface area contributed by atoms with E-state index < -0.39 is 10.0 Å². The molecule has 0 saturated carbocycles. The molecular weight excluding hydrogens is 316 g/mol. The van der Waals surface area contributed by atoms with E-state index in [-0.39, 0.29) is 6.04 Å². The van der Waals surface area contributed by atoms with Gasteiger partial charge in [0.25, 0.3) is 0 Å². The summed E-state index contributed by atoms with van der Waals surface area (Å²) in [6.45, 7) is 3.35. The number of sulfonamides is 1. The van der Waals surface area contributed by atoms with Crippen molar-refractivity contribution in [1.29, 1.82) is 0 Å². The predicted octanol–water partition coefficient (Wildman–Crippen LogP) is 1.79. The lowest BCUT2D eigenvalue weighted by Crippen LogP contribution is -2.37. The van der Waals surface area contributed by atoms with Crippen LogP contribution in [0, 0.1) is 6.92 Å². The number of nitrogens with one attached hydrogen (secondary N) is 2. The number of rotatable bonds is 4. The summed E-state index contributed by atoms with van der Waals surface area (Å²) in [5, 5.41) is 3.26. The fourth-order valence-corrected chi connectivity index (χ4v) is 3.60. The fourth-order valence-electron chi connectivity index (χ4n) is 1.97. The third-order valence-electron chi connectivity index (χ3n) is 3.14. The van der Waals surface area contributed by atoms with Gasteiger partial charge in [0.15, 0.2) is 0 Å². The van der Waals surface area contributed by atoms with Crippen molar-refractivity contribution < 1.29 is 8.42 Å². The fraction of sp³-hybridized carbons (Fsp3) is 0.500. The molecule has 0 bridgehead atoms. The summed E-state index contributed by atoms with van der Waals surface area (Å²) in [5.41, 5.74) is 1.02. The highest BCUT2D eigenvalue weighted by molar-refractivity contribution is 9.10. The Kier molecular flexibility index (Phi) is 4.42. The highest BCUT2D eigenvalue weighted by Crippen LogP contribution is 2.20. The molecule has 4 nitrogen and oxygen atoms in total. The van der Waals surface area contributed by atoms with E-state index in [0.29, 0.717) is 11.4 Å². The molecule has 18 heavy (non-hydrogen) atoms. The van der Waals surface area contributed by atoms with Crippen LogP contribution in [0.3, 0.4) is 0 Å². The predicted molar refractivity (Wildman–Crippen MR) is 75.1 cm³/mol. The van der Waals surface area contributed by atoms with Crippen molar-refractivity contribution >= 4 is 26.0 Å². The van der Waals surface area contributed by atoms with Gasteiger partial charge in [0, 0.05) is 17.1 Å². The molecule has 1 atom stereocenters. The second-order valence-electron chi connectivity index (χ2n) is 4.56. The summed E-state index contributed by atoms with van der Waals surface area (Å²) in [6.07, 6.45) is 2.14. The minimum atomic E-state index is -3.41. The van der Waals surface area contributed by atoms with Crippen molar-refractivity contribution in [3.05, 3.63) is 28.2 Å². The minimum Gasteiger partial charge on any atom is -0.313 e. The van der Waals surface area contributed by atoms with Crippen LogP contribution in [-0.2, 0) is 10.0 Å². The molecule has 1 aliphatic heterocycles. The van der Waals surface area contributed by atoms with Gasteiger partial charge in [-0.2, -0.15) is 0 Å². The first-order valence-corrected chi connectivity index (χ1v) is 8.26. The Morgan fingerprint density at radius 3 is 2.89 bits per heavy atom. The van der Waals surface area contributed by atoms with Crippen molar-refractivity contribution in [2.75, 3.05) is 13.1 Å². The maximum absolute atomic E-state index is 12.1. The smallest absolute Gasteiger partial charge is 0.240 e. The summed E-state index contributed by atoms with van der Waals surface area (Å²) in [6, 6.07) is 5.32. The average Bonchev–Trinajstić information content (AvgIpc) is 2.83. The molecule has 1 fully saturated rings. The molecule has 100 valence electrons. The van der Waals surface area contributed by atoms with Crippen LogP contribution in [0.2, 0.25) is 0 Å². The number of hydrogen-bond donors (Lipinski definition) is 2. The largest absolute Gasteiger partial charge is 0.313 e. The van der Waals surface area contributed by atoms with Crippen LogP contribution in [0.25, 0.3) is 0 Å². The molecule has 6 heteroatoms. The summed E-state index contributed by atoms with van der Waals surface area (Å²) >= 11 is 3.35. The topological polar surface area (TPSA) is 58.2 Å². The standard InChI is InChI=1S/C12H17BrN2O2S/c1-9-4-5-11(7-12(9)13)18(16,17)15-8-10-3-2-6-14-10/h4-5,7,10,14-15H,2-3,6,8H2,1H3. The summed E-state index contributed by atoms with van der Waals surface area (Å²) in [7, 11) is -3.41. The molecule has 0 radical (unpaired) electrons. The molecule has 1 aromatic rings. The Bertz CT molecular complexity index is 525. The van der Waals surface area contributed by atoms with Crippen LogP contribution in [0.5, 0.6) is 0 Å². The van der Waals surface area contributed by atoms with Crippen LogP contribution in [0.1, 0.15) is 18.4 Å². The highest BCUT2D eigenvalue weighted by Gasteiger charge is 2.19. The van der Waals surface area contributed by atoms with Gasteiger partial charge in [-0.05, 0) is 44.0 Å². The van der Waals surface area contributed by atoms with Gasteiger partial charge in [-0.1, -0.05) is 22.0 Å². The molecule has 1 aromatic carbocycles. The highest BCUT2D eigenvalue weighted by atomic mass is 79.9. The van der Waals surface area contributed by atoms with E-state index >= 15 is 0 Å². The Hall–Kier alpha value is -0.430. The van der Waals surface area contributed by atoms with E-state index in [1.807, 2.05) is 6.92 Å². The third kappa shape index (κ3) is 3.32. The van der Waals surface area contributed by atoms with E-state index in [9.17, 15) is 8.42 Å². The van der Waals surface area contributed by atoms with E-state index in [4.69, 9.17) is 0 Å². The Balaban J connectivity index is 2.07. The molecule has 2 rings (SSSR count). The minimum absolute atomic E-state index is 0.258. The quantitative estimate of drug-likeness (QED) is 0.883.